The van der Waals surface area contributed by atoms with Crippen molar-refractivity contribution in [3.8, 4) is 10.4 Å². The van der Waals surface area contributed by atoms with E-state index in [0.29, 0.717) is 11.1 Å². The Balaban J connectivity index is 2.20. The van der Waals surface area contributed by atoms with Crippen LogP contribution in [0.5, 0.6) is 0 Å². The summed E-state index contributed by atoms with van der Waals surface area (Å²) in [5.74, 6) is -0.732. The lowest BCUT2D eigenvalue weighted by molar-refractivity contribution is 0.595. The third-order valence-electron chi connectivity index (χ3n) is 2.90. The molecule has 0 fully saturated rings. The summed E-state index contributed by atoms with van der Waals surface area (Å²) in [6.45, 7) is 5.41. The molecule has 0 aliphatic heterocycles. The van der Waals surface area contributed by atoms with Crippen molar-refractivity contribution in [1.82, 2.24) is 5.32 Å². The van der Waals surface area contributed by atoms with Gasteiger partial charge in [-0.2, -0.15) is 0 Å². The van der Waals surface area contributed by atoms with Gasteiger partial charge in [0.1, 0.15) is 11.6 Å². The molecule has 0 aliphatic rings. The van der Waals surface area contributed by atoms with Crippen LogP contribution in [-0.4, -0.2) is 6.54 Å². The molecule has 19 heavy (non-hydrogen) atoms. The lowest BCUT2D eigenvalue weighted by Crippen LogP contribution is -2.12. The normalized spacial score (nSPS) is 10.9. The van der Waals surface area contributed by atoms with Gasteiger partial charge in [0.25, 0.3) is 0 Å². The minimum atomic E-state index is -0.367. The van der Waals surface area contributed by atoms with Crippen molar-refractivity contribution >= 4 is 11.3 Å². The maximum absolute atomic E-state index is 13.9. The maximum atomic E-state index is 13.9. The van der Waals surface area contributed by atoms with Gasteiger partial charge in [-0.3, -0.25) is 0 Å². The summed E-state index contributed by atoms with van der Waals surface area (Å²) in [5.41, 5.74) is 0.678. The minimum absolute atomic E-state index is 0.336. The summed E-state index contributed by atoms with van der Waals surface area (Å²) in [6, 6.07) is 6.33. The standard InChI is InChI=1S/C15H17F2NS/c1-3-6-18-9-11-4-5-15(19-11)12-8-13(16)10(2)7-14(12)17/h4-5,7-8,18H,3,6,9H2,1-2H3. The van der Waals surface area contributed by atoms with Crippen LogP contribution in [0.4, 0.5) is 8.78 Å². The van der Waals surface area contributed by atoms with Crippen molar-refractivity contribution in [1.29, 1.82) is 0 Å². The molecule has 1 nitrogen and oxygen atoms in total. The van der Waals surface area contributed by atoms with Gasteiger partial charge in [-0.05, 0) is 49.7 Å². The average molecular weight is 281 g/mol. The van der Waals surface area contributed by atoms with Gasteiger partial charge < -0.3 is 5.32 Å². The molecule has 1 aromatic carbocycles. The fourth-order valence-corrected chi connectivity index (χ4v) is 2.84. The Morgan fingerprint density at radius 2 is 1.95 bits per heavy atom. The van der Waals surface area contributed by atoms with Crippen LogP contribution in [0, 0.1) is 18.6 Å². The average Bonchev–Trinajstić information content (AvgIpc) is 2.83. The molecule has 102 valence electrons. The molecule has 0 bridgehead atoms. The lowest BCUT2D eigenvalue weighted by atomic mass is 10.1. The molecule has 0 atom stereocenters. The molecule has 0 saturated heterocycles. The fourth-order valence-electron chi connectivity index (χ4n) is 1.84. The van der Waals surface area contributed by atoms with Crippen LogP contribution >= 0.6 is 11.3 Å². The molecule has 4 heteroatoms. The molecule has 1 heterocycles. The van der Waals surface area contributed by atoms with Gasteiger partial charge >= 0.3 is 0 Å². The quantitative estimate of drug-likeness (QED) is 0.796. The van der Waals surface area contributed by atoms with Crippen LogP contribution in [0.15, 0.2) is 24.3 Å². The van der Waals surface area contributed by atoms with Gasteiger partial charge in [0.05, 0.1) is 0 Å². The van der Waals surface area contributed by atoms with E-state index in [2.05, 4.69) is 12.2 Å². The van der Waals surface area contributed by atoms with Crippen molar-refractivity contribution in [2.75, 3.05) is 6.54 Å². The van der Waals surface area contributed by atoms with Crippen molar-refractivity contribution in [3.05, 3.63) is 46.3 Å². The highest BCUT2D eigenvalue weighted by molar-refractivity contribution is 7.15. The highest BCUT2D eigenvalue weighted by Gasteiger charge is 2.11. The van der Waals surface area contributed by atoms with Crippen molar-refractivity contribution in [3.63, 3.8) is 0 Å². The Morgan fingerprint density at radius 3 is 2.68 bits per heavy atom. The Labute approximate surface area is 116 Å². The largest absolute Gasteiger partial charge is 0.312 e. The van der Waals surface area contributed by atoms with Crippen LogP contribution in [0.3, 0.4) is 0 Å². The first-order chi connectivity index (χ1) is 9.11. The van der Waals surface area contributed by atoms with Crippen LogP contribution in [0.2, 0.25) is 0 Å². The van der Waals surface area contributed by atoms with Crippen LogP contribution in [0.1, 0.15) is 23.8 Å². The van der Waals surface area contributed by atoms with Crippen molar-refractivity contribution < 1.29 is 8.78 Å². The number of halogens is 2. The first kappa shape index (κ1) is 14.2. The van der Waals surface area contributed by atoms with E-state index in [1.54, 1.807) is 6.92 Å². The smallest absolute Gasteiger partial charge is 0.132 e. The monoisotopic (exact) mass is 281 g/mol. The summed E-state index contributed by atoms with van der Waals surface area (Å²) in [4.78, 5) is 1.90. The third kappa shape index (κ3) is 3.39. The Bertz CT molecular complexity index is 563. The summed E-state index contributed by atoms with van der Waals surface area (Å²) in [6.07, 6.45) is 1.08. The molecule has 0 radical (unpaired) electrons. The number of rotatable bonds is 5. The van der Waals surface area contributed by atoms with Crippen molar-refractivity contribution in [2.24, 2.45) is 0 Å². The number of benzene rings is 1. The maximum Gasteiger partial charge on any atom is 0.132 e. The van der Waals surface area contributed by atoms with Crippen LogP contribution in [-0.2, 0) is 6.54 Å². The zero-order chi connectivity index (χ0) is 13.8. The molecule has 2 rings (SSSR count). The van der Waals surface area contributed by atoms with Crippen LogP contribution < -0.4 is 5.32 Å². The second-order valence-electron chi connectivity index (χ2n) is 4.52. The predicted molar refractivity (Wildman–Crippen MR) is 76.4 cm³/mol. The summed E-state index contributed by atoms with van der Waals surface area (Å²) < 4.78 is 27.4. The predicted octanol–water partition coefficient (Wildman–Crippen LogP) is 4.50. The minimum Gasteiger partial charge on any atom is -0.312 e. The van der Waals surface area contributed by atoms with Gasteiger partial charge in [-0.25, -0.2) is 8.78 Å². The van der Waals surface area contributed by atoms with E-state index in [1.165, 1.54) is 23.5 Å². The number of hydrogen-bond donors (Lipinski definition) is 1. The SMILES string of the molecule is CCCNCc1ccc(-c2cc(F)c(C)cc2F)s1. The topological polar surface area (TPSA) is 12.0 Å². The van der Waals surface area contributed by atoms with E-state index in [4.69, 9.17) is 0 Å². The van der Waals surface area contributed by atoms with E-state index in [1.807, 2.05) is 12.1 Å². The molecule has 0 amide bonds. The van der Waals surface area contributed by atoms with Gasteiger partial charge in [-0.1, -0.05) is 6.92 Å². The molecular formula is C15H17F2NS. The Kier molecular flexibility index (Phi) is 4.66. The van der Waals surface area contributed by atoms with E-state index < -0.39 is 0 Å². The zero-order valence-corrected chi connectivity index (χ0v) is 11.9. The molecule has 0 spiro atoms. The van der Waals surface area contributed by atoms with E-state index in [-0.39, 0.29) is 11.6 Å². The molecule has 0 saturated carbocycles. The molecule has 0 unspecified atom stereocenters. The van der Waals surface area contributed by atoms with E-state index >= 15 is 0 Å². The summed E-state index contributed by atoms with van der Waals surface area (Å²) >= 11 is 1.50. The second kappa shape index (κ2) is 6.26. The van der Waals surface area contributed by atoms with Gasteiger partial charge in [-0.15, -0.1) is 11.3 Å². The van der Waals surface area contributed by atoms with Crippen molar-refractivity contribution in [2.45, 2.75) is 26.8 Å². The highest BCUT2D eigenvalue weighted by atomic mass is 32.1. The van der Waals surface area contributed by atoms with Gasteiger partial charge in [0.2, 0.25) is 0 Å². The number of hydrogen-bond acceptors (Lipinski definition) is 2. The first-order valence-corrected chi connectivity index (χ1v) is 7.19. The summed E-state index contributed by atoms with van der Waals surface area (Å²) in [5, 5.41) is 3.29. The molecule has 1 aromatic heterocycles. The van der Waals surface area contributed by atoms with Gasteiger partial charge in [0, 0.05) is 21.9 Å². The van der Waals surface area contributed by atoms with E-state index in [0.717, 1.165) is 29.3 Å². The second-order valence-corrected chi connectivity index (χ2v) is 5.69. The number of thiophene rings is 1. The fraction of sp³-hybridized carbons (Fsp3) is 0.333. The summed E-state index contributed by atoms with van der Waals surface area (Å²) in [7, 11) is 0. The third-order valence-corrected chi connectivity index (χ3v) is 4.02. The molecule has 2 aromatic rings. The Morgan fingerprint density at radius 1 is 1.16 bits per heavy atom. The first-order valence-electron chi connectivity index (χ1n) is 6.37. The molecule has 0 aliphatic carbocycles. The highest BCUT2D eigenvalue weighted by Crippen LogP contribution is 2.31. The zero-order valence-electron chi connectivity index (χ0n) is 11.1. The lowest BCUT2D eigenvalue weighted by Gasteiger charge is -2.03. The molecular weight excluding hydrogens is 264 g/mol. The van der Waals surface area contributed by atoms with Gasteiger partial charge in [0.15, 0.2) is 0 Å². The Hall–Kier alpha value is -1.26. The number of nitrogens with one attached hydrogen (secondary N) is 1. The number of aryl methyl sites for hydroxylation is 1. The van der Waals surface area contributed by atoms with E-state index in [9.17, 15) is 8.78 Å². The molecule has 1 N–H and O–H groups in total. The van der Waals surface area contributed by atoms with Crippen LogP contribution in [0.25, 0.3) is 10.4 Å².